The van der Waals surface area contributed by atoms with Gasteiger partial charge in [-0.15, -0.1) is 0 Å². The van der Waals surface area contributed by atoms with Gasteiger partial charge in [0.1, 0.15) is 0 Å². The lowest BCUT2D eigenvalue weighted by atomic mass is 9.82. The summed E-state index contributed by atoms with van der Waals surface area (Å²) in [6.45, 7) is 8.66. The van der Waals surface area contributed by atoms with E-state index in [1.54, 1.807) is 72.8 Å². The molecular weight excluding hydrogens is 1790 g/mol. The smallest absolute Gasteiger partial charge is 0.240 e. The maximum Gasteiger partial charge on any atom is 0.240 e. The van der Waals surface area contributed by atoms with Gasteiger partial charge < -0.3 is 69.1 Å². The molecule has 0 aliphatic carbocycles. The van der Waals surface area contributed by atoms with Crippen molar-refractivity contribution in [1.82, 2.24) is 50.1 Å². The van der Waals surface area contributed by atoms with E-state index in [0.717, 1.165) is 88.6 Å². The number of halogens is 6. The quantitative estimate of drug-likeness (QED) is 0.0174. The number of rotatable bonds is 58. The number of amides is 4. The lowest BCUT2D eigenvalue weighted by molar-refractivity contribution is -0.127. The number of likely N-dealkylation sites (N-methyl/N-ethyl adjacent to an activating group) is 3. The zero-order chi connectivity index (χ0) is 89.8. The average molecular weight is 1910 g/mol. The first-order valence-corrected chi connectivity index (χ1v) is 49.7. The van der Waals surface area contributed by atoms with Gasteiger partial charge in [0.05, 0.1) is 107 Å². The standard InChI is InChI=1S/C89H122Cl6N10O17S3/c1-5-6-7-8-9-10-11-12-22-88(109)102-89(26-23-85(106)96-29-35-116-41-43-119-38-32-99-123(110,111)70-19-13-16-64(49-70)76-58-103(2)61-79-73(76)52-67(90)55-82(79)93,27-24-86(107)97-30-36-117-42-44-120-39-33-100-124(112,113)71-20-14-17-65(50-71)77-59-104(3)62-80-74(77)53-68(91)56-83(80)94)28-25-87(108)98-31-37-118-45-47-122-48-46-121-40-34-101-125(114,115)72-21-15-18-66(51-72)78-60-105(4)63-81-75(78)54-69(92)57-84(81)95/h13-21,49-57,76-78,99-101H,5-12,22-48,58-63H2,1-4H3,(H,96,106)(H,97,107)(H,98,108)(H,102,109)/t76-,77-,78-/m0/s1. The highest BCUT2D eigenvalue weighted by atomic mass is 35.5. The number of carbonyl (C=O) groups is 4. The minimum atomic E-state index is -3.90. The zero-order valence-electron chi connectivity index (χ0n) is 71.9. The Kier molecular flexibility index (Phi) is 43.6. The SMILES string of the molecule is CCCCCCCCCCC(=O)NC(CCC(=O)NCCOCCOCCNS(=O)(=O)c1cccc([C@@H]2CN(C)Cc3c(Cl)cc(Cl)cc32)c1)(CCC(=O)NCCOCCOCCNS(=O)(=O)c1cccc([C@@H]2CN(C)Cc3c(Cl)cc(Cl)cc32)c1)CCC(=O)NCCOCCOCCOCCNS(=O)(=O)c1cccc([C@@H]2CN(C)Cc3c(Cl)cc(Cl)cc32)c1. The molecule has 3 atom stereocenters. The molecular formula is C89H122Cl6N10O17S3. The van der Waals surface area contributed by atoms with Gasteiger partial charge in [0.25, 0.3) is 0 Å². The third kappa shape index (κ3) is 34.2. The number of benzene rings is 6. The molecule has 3 aliphatic rings. The van der Waals surface area contributed by atoms with Gasteiger partial charge in [0.15, 0.2) is 0 Å². The second-order valence-electron chi connectivity index (χ2n) is 31.9. The highest BCUT2D eigenvalue weighted by Gasteiger charge is 2.36. The predicted molar refractivity (Wildman–Crippen MR) is 489 cm³/mol. The largest absolute Gasteiger partial charge is 0.378 e. The normalized spacial score (nSPS) is 15.9. The van der Waals surface area contributed by atoms with E-state index in [9.17, 15) is 44.4 Å². The first-order chi connectivity index (χ1) is 60.0. The van der Waals surface area contributed by atoms with Crippen molar-refractivity contribution < 1.29 is 77.6 Å². The molecule has 0 aromatic heterocycles. The van der Waals surface area contributed by atoms with Gasteiger partial charge in [-0.25, -0.2) is 39.4 Å². The van der Waals surface area contributed by atoms with Crippen LogP contribution in [0.25, 0.3) is 0 Å². The van der Waals surface area contributed by atoms with Crippen LogP contribution >= 0.6 is 69.6 Å². The van der Waals surface area contributed by atoms with Crippen LogP contribution in [-0.4, -0.2) is 242 Å². The molecule has 36 heteroatoms. The van der Waals surface area contributed by atoms with E-state index in [1.807, 2.05) is 57.5 Å². The number of hydrogen-bond donors (Lipinski definition) is 7. The lowest BCUT2D eigenvalue weighted by Gasteiger charge is -2.35. The van der Waals surface area contributed by atoms with Crippen molar-refractivity contribution in [1.29, 1.82) is 0 Å². The highest BCUT2D eigenvalue weighted by Crippen LogP contribution is 2.43. The first kappa shape index (κ1) is 103. The minimum Gasteiger partial charge on any atom is -0.378 e. The molecule has 9 rings (SSSR count). The van der Waals surface area contributed by atoms with Crippen molar-refractivity contribution in [2.45, 2.75) is 161 Å². The molecule has 6 aromatic carbocycles. The van der Waals surface area contributed by atoms with E-state index in [2.05, 4.69) is 57.1 Å². The number of carbonyl (C=O) groups excluding carboxylic acids is 4. The van der Waals surface area contributed by atoms with E-state index in [1.165, 1.54) is 6.42 Å². The number of nitrogens with zero attached hydrogens (tertiary/aromatic N) is 3. The van der Waals surface area contributed by atoms with Crippen molar-refractivity contribution in [3.8, 4) is 0 Å². The van der Waals surface area contributed by atoms with E-state index in [0.29, 0.717) is 75.8 Å². The molecule has 4 amide bonds. The maximum absolute atomic E-state index is 14.1. The van der Waals surface area contributed by atoms with Crippen molar-refractivity contribution in [3.63, 3.8) is 0 Å². The van der Waals surface area contributed by atoms with Crippen molar-refractivity contribution in [2.24, 2.45) is 0 Å². The summed E-state index contributed by atoms with van der Waals surface area (Å²) in [5.41, 5.74) is 7.05. The van der Waals surface area contributed by atoms with E-state index < -0.39 is 35.6 Å². The summed E-state index contributed by atoms with van der Waals surface area (Å²) in [5.74, 6) is -1.72. The monoisotopic (exact) mass is 1910 g/mol. The Labute approximate surface area is 768 Å². The van der Waals surface area contributed by atoms with Crippen molar-refractivity contribution in [2.75, 3.05) is 173 Å². The van der Waals surface area contributed by atoms with Crippen LogP contribution in [-0.2, 0) is 102 Å². The molecule has 0 fully saturated rings. The summed E-state index contributed by atoms with van der Waals surface area (Å²) in [4.78, 5) is 62.0. The zero-order valence-corrected chi connectivity index (χ0v) is 78.9. The van der Waals surface area contributed by atoms with Crippen molar-refractivity contribution in [3.05, 3.63) is 189 Å². The molecule has 27 nitrogen and oxygen atoms in total. The van der Waals surface area contributed by atoms with Crippen LogP contribution in [0.2, 0.25) is 30.1 Å². The summed E-state index contributed by atoms with van der Waals surface area (Å²) >= 11 is 39.0. The molecule has 0 saturated heterocycles. The maximum atomic E-state index is 14.1. The highest BCUT2D eigenvalue weighted by molar-refractivity contribution is 7.90. The fraction of sp³-hybridized carbons (Fsp3) is 0.551. The Morgan fingerprint density at radius 1 is 0.360 bits per heavy atom. The Morgan fingerprint density at radius 2 is 0.640 bits per heavy atom. The minimum absolute atomic E-state index is 0.00478. The van der Waals surface area contributed by atoms with Gasteiger partial charge in [-0.05, 0) is 170 Å². The number of sulfonamides is 3. The van der Waals surface area contributed by atoms with Crippen LogP contribution in [0.1, 0.15) is 171 Å². The molecule has 6 aromatic rings. The van der Waals surface area contributed by atoms with Gasteiger partial charge in [-0.3, -0.25) is 19.2 Å². The lowest BCUT2D eigenvalue weighted by Crippen LogP contribution is -2.50. The topological polar surface area (TPSA) is 329 Å². The first-order valence-electron chi connectivity index (χ1n) is 43.0. The Balaban J connectivity index is 0.709. The Hall–Kier alpha value is -5.73. The van der Waals surface area contributed by atoms with Gasteiger partial charge >= 0.3 is 0 Å². The van der Waals surface area contributed by atoms with Crippen LogP contribution in [0.3, 0.4) is 0 Å². The molecule has 0 spiro atoms. The molecule has 0 saturated carbocycles. The average Bonchev–Trinajstić information content (AvgIpc) is 0.780. The second kappa shape index (κ2) is 52.9. The molecule has 690 valence electrons. The van der Waals surface area contributed by atoms with E-state index in [-0.39, 0.29) is 233 Å². The fourth-order valence-electron chi connectivity index (χ4n) is 15.7. The molecule has 7 N–H and O–H groups in total. The van der Waals surface area contributed by atoms with E-state index >= 15 is 0 Å². The van der Waals surface area contributed by atoms with E-state index in [4.69, 9.17) is 103 Å². The second-order valence-corrected chi connectivity index (χ2v) is 39.7. The van der Waals surface area contributed by atoms with Gasteiger partial charge in [0, 0.05) is 158 Å². The Bertz CT molecular complexity index is 4650. The summed E-state index contributed by atoms with van der Waals surface area (Å²) < 4.78 is 129. The van der Waals surface area contributed by atoms with Gasteiger partial charge in [-0.2, -0.15) is 0 Å². The summed E-state index contributed by atoms with van der Waals surface area (Å²) in [6, 6.07) is 31.4. The number of unbranched alkanes of at least 4 members (excludes halogenated alkanes) is 7. The molecule has 3 heterocycles. The third-order valence-corrected chi connectivity index (χ3v) is 28.2. The number of nitrogens with one attached hydrogen (secondary N) is 7. The molecule has 125 heavy (non-hydrogen) atoms. The van der Waals surface area contributed by atoms with Crippen LogP contribution in [0.15, 0.2) is 124 Å². The van der Waals surface area contributed by atoms with Crippen LogP contribution in [0.4, 0.5) is 0 Å². The van der Waals surface area contributed by atoms with Crippen LogP contribution < -0.4 is 35.4 Å². The summed E-state index contributed by atoms with van der Waals surface area (Å²) in [5, 5.41) is 15.1. The third-order valence-electron chi connectivity index (χ3n) is 22.2. The molecule has 0 unspecified atom stereocenters. The van der Waals surface area contributed by atoms with Crippen LogP contribution in [0, 0.1) is 0 Å². The van der Waals surface area contributed by atoms with Crippen molar-refractivity contribution >= 4 is 123 Å². The van der Waals surface area contributed by atoms with Gasteiger partial charge in [-0.1, -0.05) is 158 Å². The number of fused-ring (bicyclic) bond motifs is 3. The van der Waals surface area contributed by atoms with Crippen LogP contribution in [0.5, 0.6) is 0 Å². The summed E-state index contributed by atoms with van der Waals surface area (Å²) in [6.07, 6.45) is 8.41. The Morgan fingerprint density at radius 3 is 0.944 bits per heavy atom. The number of ether oxygens (including phenoxy) is 7. The predicted octanol–water partition coefficient (Wildman–Crippen LogP) is 12.8. The van der Waals surface area contributed by atoms with Gasteiger partial charge in [0.2, 0.25) is 53.7 Å². The molecule has 0 radical (unpaired) electrons. The fourth-order valence-corrected chi connectivity index (χ4v) is 20.6. The summed E-state index contributed by atoms with van der Waals surface area (Å²) in [7, 11) is -5.71. The number of hydrogen-bond acceptors (Lipinski definition) is 20. The molecule has 3 aliphatic heterocycles. The molecule has 0 bridgehead atoms.